The van der Waals surface area contributed by atoms with Crippen LogP contribution in [0.3, 0.4) is 0 Å². The molecular weight excluding hydrogens is 332 g/mol. The standard InChI is InChI=1S/C21H30O5/c1-13(2)17-6-4-14(3)8-19(17)22-10-16-11-23-21(26-16)15-5-7-18-20(9-15)25-12-24-18/h5,7,9,13-14,16-17,19,21H,4,6,8,10-12H2,1-3H3. The van der Waals surface area contributed by atoms with Crippen LogP contribution in [0.4, 0.5) is 0 Å². The lowest BCUT2D eigenvalue weighted by molar-refractivity contribution is -0.0993. The lowest BCUT2D eigenvalue weighted by atomic mass is 9.75. The smallest absolute Gasteiger partial charge is 0.231 e. The average Bonchev–Trinajstić information content (AvgIpc) is 3.28. The summed E-state index contributed by atoms with van der Waals surface area (Å²) in [6.45, 7) is 8.38. The summed E-state index contributed by atoms with van der Waals surface area (Å²) in [6.07, 6.45) is 3.71. The highest BCUT2D eigenvalue weighted by Crippen LogP contribution is 2.38. The third-order valence-electron chi connectivity index (χ3n) is 5.88. The lowest BCUT2D eigenvalue weighted by Gasteiger charge is -2.37. The normalized spacial score (nSPS) is 33.8. The van der Waals surface area contributed by atoms with Crippen molar-refractivity contribution in [3.63, 3.8) is 0 Å². The Bertz CT molecular complexity index is 616. The van der Waals surface area contributed by atoms with Crippen LogP contribution in [0.1, 0.15) is 51.9 Å². The first-order valence-corrected chi connectivity index (χ1v) is 9.88. The summed E-state index contributed by atoms with van der Waals surface area (Å²) in [6, 6.07) is 5.82. The van der Waals surface area contributed by atoms with E-state index in [0.717, 1.165) is 29.4 Å². The molecule has 2 fully saturated rings. The first-order valence-electron chi connectivity index (χ1n) is 9.88. The Kier molecular flexibility index (Phi) is 5.39. The second kappa shape index (κ2) is 7.75. The van der Waals surface area contributed by atoms with Gasteiger partial charge >= 0.3 is 0 Å². The maximum Gasteiger partial charge on any atom is 0.231 e. The molecule has 1 aliphatic carbocycles. The maximum atomic E-state index is 6.32. The molecule has 0 amide bonds. The highest BCUT2D eigenvalue weighted by atomic mass is 16.7. The molecule has 144 valence electrons. The number of benzene rings is 1. The first-order chi connectivity index (χ1) is 12.6. The van der Waals surface area contributed by atoms with E-state index in [2.05, 4.69) is 20.8 Å². The van der Waals surface area contributed by atoms with E-state index in [-0.39, 0.29) is 19.2 Å². The van der Waals surface area contributed by atoms with E-state index < -0.39 is 0 Å². The summed E-state index contributed by atoms with van der Waals surface area (Å²) >= 11 is 0. The summed E-state index contributed by atoms with van der Waals surface area (Å²) < 4.78 is 29.0. The zero-order chi connectivity index (χ0) is 18.1. The van der Waals surface area contributed by atoms with Crippen molar-refractivity contribution in [2.24, 2.45) is 17.8 Å². The van der Waals surface area contributed by atoms with Gasteiger partial charge in [0.15, 0.2) is 17.8 Å². The maximum absolute atomic E-state index is 6.32. The largest absolute Gasteiger partial charge is 0.454 e. The Balaban J connectivity index is 1.31. The predicted octanol–water partition coefficient (Wildman–Crippen LogP) is 4.31. The topological polar surface area (TPSA) is 46.2 Å². The van der Waals surface area contributed by atoms with Crippen molar-refractivity contribution < 1.29 is 23.7 Å². The van der Waals surface area contributed by atoms with E-state index in [0.29, 0.717) is 31.2 Å². The van der Waals surface area contributed by atoms with Gasteiger partial charge in [0, 0.05) is 5.56 Å². The molecule has 5 unspecified atom stereocenters. The molecule has 5 atom stereocenters. The zero-order valence-corrected chi connectivity index (χ0v) is 16.0. The molecule has 2 aliphatic heterocycles. The number of hydrogen-bond donors (Lipinski definition) is 0. The minimum absolute atomic E-state index is 0.0181. The fourth-order valence-electron chi connectivity index (χ4n) is 4.31. The van der Waals surface area contributed by atoms with Gasteiger partial charge in [-0.3, -0.25) is 0 Å². The highest BCUT2D eigenvalue weighted by Gasteiger charge is 2.34. The van der Waals surface area contributed by atoms with E-state index in [1.165, 1.54) is 12.8 Å². The molecule has 0 radical (unpaired) electrons. The van der Waals surface area contributed by atoms with E-state index in [1.807, 2.05) is 18.2 Å². The van der Waals surface area contributed by atoms with Crippen molar-refractivity contribution in [2.75, 3.05) is 20.0 Å². The van der Waals surface area contributed by atoms with E-state index in [4.69, 9.17) is 23.7 Å². The van der Waals surface area contributed by atoms with E-state index in [1.54, 1.807) is 0 Å². The molecule has 0 N–H and O–H groups in total. The molecule has 3 aliphatic rings. The third kappa shape index (κ3) is 3.85. The van der Waals surface area contributed by atoms with Crippen LogP contribution in [0.25, 0.3) is 0 Å². The van der Waals surface area contributed by atoms with E-state index in [9.17, 15) is 0 Å². The van der Waals surface area contributed by atoms with Crippen molar-refractivity contribution in [2.45, 2.75) is 58.5 Å². The van der Waals surface area contributed by atoms with E-state index >= 15 is 0 Å². The SMILES string of the molecule is CC1CCC(C(C)C)C(OCC2COC(c3ccc4c(c3)OCO4)O2)C1. The molecule has 0 aromatic heterocycles. The van der Waals surface area contributed by atoms with Crippen molar-refractivity contribution >= 4 is 0 Å². The van der Waals surface area contributed by atoms with Crippen LogP contribution in [-0.4, -0.2) is 32.2 Å². The van der Waals surface area contributed by atoms with Crippen LogP contribution < -0.4 is 9.47 Å². The summed E-state index contributed by atoms with van der Waals surface area (Å²) in [4.78, 5) is 0. The molecule has 4 rings (SSSR count). The van der Waals surface area contributed by atoms with Crippen molar-refractivity contribution in [1.82, 2.24) is 0 Å². The van der Waals surface area contributed by atoms with Crippen LogP contribution in [0.2, 0.25) is 0 Å². The van der Waals surface area contributed by atoms with Crippen LogP contribution in [0.5, 0.6) is 11.5 Å². The number of rotatable bonds is 5. The number of fused-ring (bicyclic) bond motifs is 1. The van der Waals surface area contributed by atoms with Gasteiger partial charge in [-0.2, -0.15) is 0 Å². The van der Waals surface area contributed by atoms with Gasteiger partial charge in [-0.05, 0) is 48.8 Å². The summed E-state index contributed by atoms with van der Waals surface area (Å²) in [5.74, 6) is 3.59. The van der Waals surface area contributed by atoms with Crippen LogP contribution in [-0.2, 0) is 14.2 Å². The fraction of sp³-hybridized carbons (Fsp3) is 0.714. The second-order valence-electron chi connectivity index (χ2n) is 8.23. The molecule has 5 nitrogen and oxygen atoms in total. The quantitative estimate of drug-likeness (QED) is 0.781. The molecular formula is C21H30O5. The van der Waals surface area contributed by atoms with Crippen LogP contribution in [0.15, 0.2) is 18.2 Å². The Labute approximate surface area is 155 Å². The highest BCUT2D eigenvalue weighted by molar-refractivity contribution is 5.44. The Morgan fingerprint density at radius 3 is 2.85 bits per heavy atom. The van der Waals surface area contributed by atoms with Crippen LogP contribution in [0, 0.1) is 17.8 Å². The molecule has 1 saturated carbocycles. The summed E-state index contributed by atoms with van der Waals surface area (Å²) in [7, 11) is 0. The molecule has 2 heterocycles. The zero-order valence-electron chi connectivity index (χ0n) is 16.0. The minimum atomic E-state index is -0.357. The number of ether oxygens (including phenoxy) is 5. The Morgan fingerprint density at radius 1 is 1.15 bits per heavy atom. The monoisotopic (exact) mass is 362 g/mol. The van der Waals surface area contributed by atoms with Crippen molar-refractivity contribution in [3.05, 3.63) is 23.8 Å². The van der Waals surface area contributed by atoms with Gasteiger partial charge < -0.3 is 23.7 Å². The van der Waals surface area contributed by atoms with Gasteiger partial charge in [0.1, 0.15) is 6.10 Å². The first kappa shape index (κ1) is 18.1. The van der Waals surface area contributed by atoms with Crippen LogP contribution >= 0.6 is 0 Å². The summed E-state index contributed by atoms with van der Waals surface area (Å²) in [5, 5.41) is 0. The molecule has 1 aromatic carbocycles. The Morgan fingerprint density at radius 2 is 2.00 bits per heavy atom. The van der Waals surface area contributed by atoms with Gasteiger partial charge in [-0.1, -0.05) is 27.2 Å². The average molecular weight is 362 g/mol. The molecule has 0 spiro atoms. The molecule has 5 heteroatoms. The second-order valence-corrected chi connectivity index (χ2v) is 8.23. The molecule has 0 bridgehead atoms. The lowest BCUT2D eigenvalue weighted by Crippen LogP contribution is -2.36. The minimum Gasteiger partial charge on any atom is -0.454 e. The van der Waals surface area contributed by atoms with Gasteiger partial charge in [0.2, 0.25) is 6.79 Å². The summed E-state index contributed by atoms with van der Waals surface area (Å²) in [5.41, 5.74) is 0.961. The molecule has 26 heavy (non-hydrogen) atoms. The van der Waals surface area contributed by atoms with Gasteiger partial charge in [0.25, 0.3) is 0 Å². The fourth-order valence-corrected chi connectivity index (χ4v) is 4.31. The predicted molar refractivity (Wildman–Crippen MR) is 97.2 cm³/mol. The third-order valence-corrected chi connectivity index (χ3v) is 5.88. The van der Waals surface area contributed by atoms with Gasteiger partial charge in [-0.25, -0.2) is 0 Å². The Hall–Kier alpha value is -1.30. The molecule has 1 aromatic rings. The van der Waals surface area contributed by atoms with Crippen molar-refractivity contribution in [3.8, 4) is 11.5 Å². The van der Waals surface area contributed by atoms with Gasteiger partial charge in [0.05, 0.1) is 19.3 Å². The van der Waals surface area contributed by atoms with Crippen molar-refractivity contribution in [1.29, 1.82) is 0 Å². The van der Waals surface area contributed by atoms with Gasteiger partial charge in [-0.15, -0.1) is 0 Å². The number of hydrogen-bond acceptors (Lipinski definition) is 5. The molecule has 1 saturated heterocycles.